The monoisotopic (exact) mass is 675 g/mol. The zero-order valence-electron chi connectivity index (χ0n) is 28.5. The van der Waals surface area contributed by atoms with Crippen molar-refractivity contribution in [2.45, 2.75) is 5.41 Å². The number of nitrogens with zero attached hydrogens (tertiary/aromatic N) is 3. The van der Waals surface area contributed by atoms with Crippen molar-refractivity contribution in [2.24, 2.45) is 0 Å². The second-order valence-corrected chi connectivity index (χ2v) is 14.1. The maximum atomic E-state index is 6.59. The Morgan fingerprint density at radius 2 is 1.21 bits per heavy atom. The van der Waals surface area contributed by atoms with Crippen molar-refractivity contribution in [1.29, 1.82) is 0 Å². The van der Waals surface area contributed by atoms with Gasteiger partial charge in [0.1, 0.15) is 22.6 Å². The van der Waals surface area contributed by atoms with Gasteiger partial charge in [0.2, 0.25) is 0 Å². The summed E-state index contributed by atoms with van der Waals surface area (Å²) in [6, 6.07) is 54.9. The van der Waals surface area contributed by atoms with E-state index < -0.39 is 5.41 Å². The first-order valence-corrected chi connectivity index (χ1v) is 18.1. The zero-order chi connectivity index (χ0) is 34.7. The lowest BCUT2D eigenvalue weighted by Gasteiger charge is -2.35. The van der Waals surface area contributed by atoms with Crippen LogP contribution in [0.1, 0.15) is 33.4 Å². The summed E-state index contributed by atoms with van der Waals surface area (Å²) in [5.74, 6) is 0.855. The highest BCUT2D eigenvalue weighted by Crippen LogP contribution is 2.60. The lowest BCUT2D eigenvalue weighted by molar-refractivity contribution is 0.666. The Morgan fingerprint density at radius 3 is 2.13 bits per heavy atom. The molecule has 1 unspecified atom stereocenters. The van der Waals surface area contributed by atoms with Crippen LogP contribution in [-0.2, 0) is 5.41 Å². The average Bonchev–Trinajstić information content (AvgIpc) is 3.81. The Kier molecular flexibility index (Phi) is 5.67. The van der Waals surface area contributed by atoms with E-state index in [0.29, 0.717) is 0 Å². The lowest BCUT2D eigenvalue weighted by Crippen LogP contribution is -2.30. The van der Waals surface area contributed by atoms with Gasteiger partial charge in [-0.2, -0.15) is 0 Å². The van der Waals surface area contributed by atoms with Crippen molar-refractivity contribution in [3.05, 3.63) is 197 Å². The van der Waals surface area contributed by atoms with Crippen LogP contribution in [-0.4, -0.2) is 14.5 Å². The van der Waals surface area contributed by atoms with E-state index in [1.807, 2.05) is 42.7 Å². The molecule has 0 amide bonds. The Hall–Kier alpha value is -7.04. The number of aromatic nitrogens is 3. The van der Waals surface area contributed by atoms with Crippen LogP contribution in [0, 0.1) is 0 Å². The largest absolute Gasteiger partial charge is 0.456 e. The van der Waals surface area contributed by atoms with E-state index in [9.17, 15) is 0 Å². The van der Waals surface area contributed by atoms with Crippen molar-refractivity contribution in [3.63, 3.8) is 0 Å². The summed E-state index contributed by atoms with van der Waals surface area (Å²) in [6.45, 7) is 0. The van der Waals surface area contributed by atoms with Crippen molar-refractivity contribution < 1.29 is 4.42 Å². The van der Waals surface area contributed by atoms with Crippen molar-refractivity contribution >= 4 is 56.0 Å². The molecule has 1 spiro atoms. The van der Waals surface area contributed by atoms with Crippen LogP contribution in [0.15, 0.2) is 168 Å². The molecule has 0 fully saturated rings. The molecule has 1 atom stereocenters. The van der Waals surface area contributed by atoms with Gasteiger partial charge in [-0.15, -0.1) is 0 Å². The van der Waals surface area contributed by atoms with Gasteiger partial charge in [0, 0.05) is 33.9 Å². The van der Waals surface area contributed by atoms with Crippen molar-refractivity contribution in [2.75, 3.05) is 0 Å². The molecule has 2 aliphatic rings. The number of benzene rings is 6. The Labute approximate surface area is 304 Å². The molecule has 0 saturated heterocycles. The van der Waals surface area contributed by atoms with Crippen LogP contribution in [0.2, 0.25) is 0 Å². The summed E-state index contributed by atoms with van der Waals surface area (Å²) in [5, 5.41) is 4.54. The number of fused-ring (bicyclic) bond motifs is 15. The van der Waals surface area contributed by atoms with Gasteiger partial charge in [-0.3, -0.25) is 4.57 Å². The molecular weight excluding hydrogens is 647 g/mol. The summed E-state index contributed by atoms with van der Waals surface area (Å²) >= 11 is 0. The molecule has 2 aliphatic carbocycles. The second-order valence-electron chi connectivity index (χ2n) is 14.1. The molecule has 10 aromatic rings. The van der Waals surface area contributed by atoms with E-state index in [4.69, 9.17) is 14.4 Å². The number of para-hydroxylation sites is 1. The first kappa shape index (κ1) is 28.6. The van der Waals surface area contributed by atoms with E-state index in [1.54, 1.807) is 0 Å². The van der Waals surface area contributed by atoms with Gasteiger partial charge in [-0.05, 0) is 116 Å². The summed E-state index contributed by atoms with van der Waals surface area (Å²) in [5.41, 5.74) is 15.6. The van der Waals surface area contributed by atoms with E-state index in [0.717, 1.165) is 60.8 Å². The minimum atomic E-state index is -0.576. The standard InChI is InChI=1S/C49H29N3O/c1-4-14-40-30(10-1)18-19-31-20-21-33(32-22-23-44-38(26-32)36-13-9-25-51-48(36)52(44)47-17-7-8-24-50-47)27-42(31)49(40)41-15-5-2-11-34(41)37-28-39-35-12-3-6-16-45(35)53-46(39)29-43(37)49/h1-29H. The topological polar surface area (TPSA) is 43.9 Å². The fourth-order valence-corrected chi connectivity index (χ4v) is 9.33. The first-order valence-electron chi connectivity index (χ1n) is 18.1. The lowest BCUT2D eigenvalue weighted by atomic mass is 9.65. The normalized spacial score (nSPS) is 15.5. The van der Waals surface area contributed by atoms with Gasteiger partial charge in [0.15, 0.2) is 0 Å². The molecule has 4 aromatic heterocycles. The first-order chi connectivity index (χ1) is 26.3. The molecule has 0 bridgehead atoms. The second kappa shape index (κ2) is 10.5. The highest BCUT2D eigenvalue weighted by Gasteiger charge is 2.49. The van der Waals surface area contributed by atoms with Gasteiger partial charge < -0.3 is 4.42 Å². The molecule has 12 rings (SSSR count). The molecular formula is C49H29N3O. The molecule has 6 aromatic carbocycles. The Bertz CT molecular complexity index is 3180. The third-order valence-corrected chi connectivity index (χ3v) is 11.5. The van der Waals surface area contributed by atoms with E-state index in [-0.39, 0.29) is 0 Å². The molecule has 0 aliphatic heterocycles. The predicted octanol–water partition coefficient (Wildman–Crippen LogP) is 12.0. The van der Waals surface area contributed by atoms with E-state index in [2.05, 4.69) is 138 Å². The van der Waals surface area contributed by atoms with Crippen molar-refractivity contribution in [1.82, 2.24) is 14.5 Å². The smallest absolute Gasteiger partial charge is 0.146 e. The highest BCUT2D eigenvalue weighted by molar-refractivity contribution is 6.10. The Balaban J connectivity index is 1.15. The van der Waals surface area contributed by atoms with Crippen molar-refractivity contribution in [3.8, 4) is 28.1 Å². The minimum Gasteiger partial charge on any atom is -0.456 e. The third kappa shape index (κ3) is 3.79. The zero-order valence-corrected chi connectivity index (χ0v) is 28.5. The molecule has 4 heteroatoms. The van der Waals surface area contributed by atoms with E-state index in [1.165, 1.54) is 44.5 Å². The number of rotatable bonds is 2. The molecule has 53 heavy (non-hydrogen) atoms. The average molecular weight is 676 g/mol. The summed E-state index contributed by atoms with van der Waals surface area (Å²) in [4.78, 5) is 9.52. The fraction of sp³-hybridized carbons (Fsp3) is 0.0204. The van der Waals surface area contributed by atoms with Crippen LogP contribution in [0.5, 0.6) is 0 Å². The Morgan fingerprint density at radius 1 is 0.453 bits per heavy atom. The maximum Gasteiger partial charge on any atom is 0.146 e. The molecule has 0 saturated carbocycles. The summed E-state index contributed by atoms with van der Waals surface area (Å²) < 4.78 is 8.75. The number of hydrogen-bond donors (Lipinski definition) is 0. The van der Waals surface area contributed by atoms with Crippen LogP contribution in [0.4, 0.5) is 0 Å². The fourth-order valence-electron chi connectivity index (χ4n) is 9.33. The maximum absolute atomic E-state index is 6.59. The quantitative estimate of drug-likeness (QED) is 0.183. The summed E-state index contributed by atoms with van der Waals surface area (Å²) in [7, 11) is 0. The van der Waals surface area contributed by atoms with Gasteiger partial charge in [0.05, 0.1) is 10.9 Å². The van der Waals surface area contributed by atoms with Crippen LogP contribution < -0.4 is 0 Å². The SMILES string of the molecule is C1=Cc2ccc(-c3ccc4c(c3)c3cccnc3n4-c3ccccn3)cc2C2(c3ccccc31)c1ccccc1-c1cc3c(cc12)oc1ccccc13. The molecule has 246 valence electrons. The molecule has 4 heterocycles. The molecule has 0 radical (unpaired) electrons. The highest BCUT2D eigenvalue weighted by atomic mass is 16.3. The number of furan rings is 1. The summed E-state index contributed by atoms with van der Waals surface area (Å²) in [6.07, 6.45) is 8.27. The van der Waals surface area contributed by atoms with Gasteiger partial charge in [-0.1, -0.05) is 103 Å². The van der Waals surface area contributed by atoms with Gasteiger partial charge >= 0.3 is 0 Å². The minimum absolute atomic E-state index is 0.576. The van der Waals surface area contributed by atoms with Gasteiger partial charge in [0.25, 0.3) is 0 Å². The van der Waals surface area contributed by atoms with Crippen LogP contribution in [0.3, 0.4) is 0 Å². The number of pyridine rings is 2. The van der Waals surface area contributed by atoms with Crippen LogP contribution in [0.25, 0.3) is 84.1 Å². The predicted molar refractivity (Wildman–Crippen MR) is 215 cm³/mol. The van der Waals surface area contributed by atoms with Crippen LogP contribution >= 0.6 is 0 Å². The third-order valence-electron chi connectivity index (χ3n) is 11.5. The molecule has 4 nitrogen and oxygen atoms in total. The molecule has 0 N–H and O–H groups in total. The van der Waals surface area contributed by atoms with E-state index >= 15 is 0 Å². The van der Waals surface area contributed by atoms with Gasteiger partial charge in [-0.25, -0.2) is 9.97 Å². The number of hydrogen-bond acceptors (Lipinski definition) is 3.